The normalized spacial score (nSPS) is 23.1. The van der Waals surface area contributed by atoms with Crippen LogP contribution in [0.5, 0.6) is 0 Å². The number of piperazine rings is 1. The highest BCUT2D eigenvalue weighted by Gasteiger charge is 2.31. The zero-order valence-electron chi connectivity index (χ0n) is 17.8. The Hall–Kier alpha value is -3.23. The van der Waals surface area contributed by atoms with Crippen molar-refractivity contribution in [2.45, 2.75) is 24.7 Å². The van der Waals surface area contributed by atoms with Gasteiger partial charge in [-0.3, -0.25) is 14.6 Å². The highest BCUT2D eigenvalue weighted by molar-refractivity contribution is 5.94. The number of anilines is 1. The van der Waals surface area contributed by atoms with Crippen LogP contribution < -0.4 is 10.2 Å². The number of nitrogens with zero attached hydrogens (tertiary/aromatic N) is 3. The molecule has 0 unspecified atom stereocenters. The van der Waals surface area contributed by atoms with Crippen LogP contribution in [0.4, 0.5) is 5.69 Å². The summed E-state index contributed by atoms with van der Waals surface area (Å²) in [7, 11) is 0. The molecule has 32 heavy (non-hydrogen) atoms. The first-order valence-electron chi connectivity index (χ1n) is 10.9. The number of rotatable bonds is 6. The molecule has 0 spiro atoms. The summed E-state index contributed by atoms with van der Waals surface area (Å²) in [5.74, 6) is -0.238. The number of hydrogen-bond acceptors (Lipinski definition) is 6. The molecule has 3 heterocycles. The van der Waals surface area contributed by atoms with E-state index in [1.807, 2.05) is 23.1 Å². The molecule has 4 rings (SSSR count). The van der Waals surface area contributed by atoms with E-state index < -0.39 is 18.2 Å². The summed E-state index contributed by atoms with van der Waals surface area (Å²) in [5, 5.41) is 12.6. The van der Waals surface area contributed by atoms with Crippen LogP contribution in [0.1, 0.15) is 16.8 Å². The second-order valence-corrected chi connectivity index (χ2v) is 7.92. The van der Waals surface area contributed by atoms with Crippen LogP contribution in [-0.2, 0) is 9.53 Å². The van der Waals surface area contributed by atoms with E-state index >= 15 is 0 Å². The molecule has 2 aliphatic rings. The van der Waals surface area contributed by atoms with E-state index in [2.05, 4.69) is 27.3 Å². The number of aromatic nitrogens is 1. The number of carbonyl (C=O) groups is 2. The molecule has 8 heteroatoms. The highest BCUT2D eigenvalue weighted by Crippen LogP contribution is 2.19. The predicted molar refractivity (Wildman–Crippen MR) is 120 cm³/mol. The minimum atomic E-state index is -0.612. The molecule has 0 aliphatic carbocycles. The Morgan fingerprint density at radius 1 is 1.03 bits per heavy atom. The number of aliphatic hydroxyl groups excluding tert-OH is 1. The fraction of sp³-hybridized carbons (Fsp3) is 0.375. The Kier molecular flexibility index (Phi) is 7.14. The summed E-state index contributed by atoms with van der Waals surface area (Å²) in [4.78, 5) is 33.2. The van der Waals surface area contributed by atoms with Gasteiger partial charge in [-0.05, 0) is 24.3 Å². The van der Waals surface area contributed by atoms with Crippen LogP contribution in [-0.4, -0.2) is 77.8 Å². The predicted octanol–water partition coefficient (Wildman–Crippen LogP) is 1.23. The molecular weight excluding hydrogens is 408 g/mol. The molecule has 2 N–H and O–H groups in total. The van der Waals surface area contributed by atoms with Gasteiger partial charge in [0.15, 0.2) is 0 Å². The van der Waals surface area contributed by atoms with Gasteiger partial charge in [-0.2, -0.15) is 0 Å². The van der Waals surface area contributed by atoms with Crippen LogP contribution in [0.2, 0.25) is 0 Å². The van der Waals surface area contributed by atoms with E-state index in [0.717, 1.165) is 13.1 Å². The number of nitrogens with one attached hydrogen (secondary N) is 1. The van der Waals surface area contributed by atoms with Gasteiger partial charge >= 0.3 is 0 Å². The topological polar surface area (TPSA) is 95.0 Å². The number of pyridine rings is 1. The minimum absolute atomic E-state index is 0.0309. The lowest BCUT2D eigenvalue weighted by molar-refractivity contribution is -0.135. The summed E-state index contributed by atoms with van der Waals surface area (Å²) in [5.41, 5.74) is 1.65. The third-order valence-electron chi connectivity index (χ3n) is 5.83. The van der Waals surface area contributed by atoms with E-state index in [9.17, 15) is 14.7 Å². The number of benzene rings is 1. The Balaban J connectivity index is 1.29. The van der Waals surface area contributed by atoms with Crippen molar-refractivity contribution in [1.29, 1.82) is 0 Å². The molecule has 8 nitrogen and oxygen atoms in total. The number of carbonyl (C=O) groups excluding carboxylic acids is 2. The molecule has 2 aromatic rings. The third kappa shape index (κ3) is 5.33. The second kappa shape index (κ2) is 10.4. The van der Waals surface area contributed by atoms with Crippen molar-refractivity contribution in [1.82, 2.24) is 15.2 Å². The van der Waals surface area contributed by atoms with Gasteiger partial charge in [-0.15, -0.1) is 0 Å². The van der Waals surface area contributed by atoms with Gasteiger partial charge in [0, 0.05) is 49.8 Å². The molecule has 1 aromatic heterocycles. The van der Waals surface area contributed by atoms with Crippen LogP contribution in [0, 0.1) is 0 Å². The SMILES string of the molecule is O=C(N[C@H]1C=C[C@H](CC(=O)N2CCN(c3ccccc3)CC2)O[C@H]1CO)c1ccncc1. The van der Waals surface area contributed by atoms with E-state index in [0.29, 0.717) is 18.7 Å². The van der Waals surface area contributed by atoms with Crippen LogP contribution in [0.3, 0.4) is 0 Å². The van der Waals surface area contributed by atoms with Gasteiger partial charge in [0.05, 0.1) is 25.2 Å². The van der Waals surface area contributed by atoms with E-state index in [4.69, 9.17) is 4.74 Å². The lowest BCUT2D eigenvalue weighted by atomic mass is 10.0. The van der Waals surface area contributed by atoms with Gasteiger partial charge in [0.2, 0.25) is 5.91 Å². The maximum atomic E-state index is 12.8. The zero-order valence-corrected chi connectivity index (χ0v) is 17.8. The molecular formula is C24H28N4O4. The quantitative estimate of drug-likeness (QED) is 0.662. The fourth-order valence-corrected chi connectivity index (χ4v) is 4.03. The number of hydrogen-bond donors (Lipinski definition) is 2. The number of ether oxygens (including phenoxy) is 1. The van der Waals surface area contributed by atoms with Crippen molar-refractivity contribution in [2.75, 3.05) is 37.7 Å². The summed E-state index contributed by atoms with van der Waals surface area (Å²) >= 11 is 0. The first-order chi connectivity index (χ1) is 15.6. The van der Waals surface area contributed by atoms with Crippen molar-refractivity contribution < 1.29 is 19.4 Å². The zero-order chi connectivity index (χ0) is 22.3. The highest BCUT2D eigenvalue weighted by atomic mass is 16.5. The fourth-order valence-electron chi connectivity index (χ4n) is 4.03. The van der Waals surface area contributed by atoms with Crippen molar-refractivity contribution in [3.63, 3.8) is 0 Å². The monoisotopic (exact) mass is 436 g/mol. The van der Waals surface area contributed by atoms with Crippen molar-refractivity contribution in [3.05, 3.63) is 72.6 Å². The first kappa shape index (κ1) is 22.0. The maximum Gasteiger partial charge on any atom is 0.251 e. The average molecular weight is 437 g/mol. The Morgan fingerprint density at radius 3 is 2.44 bits per heavy atom. The summed E-state index contributed by atoms with van der Waals surface area (Å²) < 4.78 is 5.92. The molecule has 1 fully saturated rings. The molecule has 0 radical (unpaired) electrons. The minimum Gasteiger partial charge on any atom is -0.394 e. The van der Waals surface area contributed by atoms with Crippen molar-refractivity contribution in [3.8, 4) is 0 Å². The van der Waals surface area contributed by atoms with Gasteiger partial charge < -0.3 is 25.0 Å². The Morgan fingerprint density at radius 2 is 1.75 bits per heavy atom. The summed E-state index contributed by atoms with van der Waals surface area (Å²) in [6.07, 6.45) is 5.86. The largest absolute Gasteiger partial charge is 0.394 e. The van der Waals surface area contributed by atoms with Crippen molar-refractivity contribution >= 4 is 17.5 Å². The number of aliphatic hydroxyl groups is 1. The molecule has 3 atom stereocenters. The summed E-state index contributed by atoms with van der Waals surface area (Å²) in [6, 6.07) is 13.0. The standard InChI is InChI=1S/C24H28N4O4/c29-17-22-21(26-24(31)18-8-10-25-11-9-18)7-6-20(32-22)16-23(30)28-14-12-27(13-15-28)19-4-2-1-3-5-19/h1-11,20-22,29H,12-17H2,(H,26,31)/t20-,21+,22+/m1/s1. The van der Waals surface area contributed by atoms with Gasteiger partial charge in [0.1, 0.15) is 6.10 Å². The molecule has 1 saturated heterocycles. The van der Waals surface area contributed by atoms with Crippen LogP contribution in [0.15, 0.2) is 67.0 Å². The lowest BCUT2D eigenvalue weighted by Gasteiger charge is -2.37. The molecule has 2 aliphatic heterocycles. The Labute approximate surface area is 187 Å². The first-order valence-corrected chi connectivity index (χ1v) is 10.9. The van der Waals surface area contributed by atoms with E-state index in [-0.39, 0.29) is 24.8 Å². The lowest BCUT2D eigenvalue weighted by Crippen LogP contribution is -2.51. The van der Waals surface area contributed by atoms with Crippen LogP contribution in [0.25, 0.3) is 0 Å². The second-order valence-electron chi connectivity index (χ2n) is 7.92. The Bertz CT molecular complexity index is 930. The average Bonchev–Trinajstić information content (AvgIpc) is 2.86. The van der Waals surface area contributed by atoms with Gasteiger partial charge in [0.25, 0.3) is 5.91 Å². The van der Waals surface area contributed by atoms with Crippen LogP contribution >= 0.6 is 0 Å². The summed E-state index contributed by atoms with van der Waals surface area (Å²) in [6.45, 7) is 2.65. The molecule has 168 valence electrons. The maximum absolute atomic E-state index is 12.8. The van der Waals surface area contributed by atoms with E-state index in [1.54, 1.807) is 36.7 Å². The van der Waals surface area contributed by atoms with Gasteiger partial charge in [-0.25, -0.2) is 0 Å². The third-order valence-corrected chi connectivity index (χ3v) is 5.83. The molecule has 0 saturated carbocycles. The molecule has 1 aromatic carbocycles. The van der Waals surface area contributed by atoms with Gasteiger partial charge in [-0.1, -0.05) is 30.4 Å². The molecule has 0 bridgehead atoms. The smallest absolute Gasteiger partial charge is 0.251 e. The molecule has 2 amide bonds. The van der Waals surface area contributed by atoms with E-state index in [1.165, 1.54) is 5.69 Å². The number of amides is 2. The number of para-hydroxylation sites is 1. The van der Waals surface area contributed by atoms with Crippen molar-refractivity contribution in [2.24, 2.45) is 0 Å².